The molecule has 0 unspecified atom stereocenters. The third-order valence-electron chi connectivity index (χ3n) is 11.6. The van der Waals surface area contributed by atoms with Gasteiger partial charge in [-0.3, -0.25) is 0 Å². The highest BCUT2D eigenvalue weighted by molar-refractivity contribution is 6.13. The average Bonchev–Trinajstić information content (AvgIpc) is 3.49. The highest BCUT2D eigenvalue weighted by Crippen LogP contribution is 2.54. The van der Waals surface area contributed by atoms with E-state index in [4.69, 9.17) is 15.0 Å². The lowest BCUT2D eigenvalue weighted by atomic mass is 9.77. The monoisotopic (exact) mass is 701 g/mol. The topological polar surface area (TPSA) is 38.7 Å². The number of benzene rings is 9. The number of rotatable bonds is 4. The van der Waals surface area contributed by atoms with E-state index in [1.807, 2.05) is 18.2 Å². The fourth-order valence-electron chi connectivity index (χ4n) is 9.12. The molecule has 11 rings (SSSR count). The van der Waals surface area contributed by atoms with Crippen molar-refractivity contribution in [3.8, 4) is 56.4 Å². The SMILES string of the molecule is CC1(C)c2c(-c3ccc4ccccc4c3)cccc2-c2ccc3cc(-c4nc(-c5ccccc5)nc(-c5cc6ccccc6c6ccccc56)n4)ccc3c21. The lowest BCUT2D eigenvalue weighted by Gasteiger charge is -2.26. The molecule has 0 N–H and O–H groups in total. The maximum Gasteiger partial charge on any atom is 0.164 e. The van der Waals surface area contributed by atoms with Gasteiger partial charge in [0.15, 0.2) is 17.5 Å². The fraction of sp³-hybridized carbons (Fsp3) is 0.0577. The number of hydrogen-bond acceptors (Lipinski definition) is 3. The van der Waals surface area contributed by atoms with E-state index in [-0.39, 0.29) is 5.41 Å². The van der Waals surface area contributed by atoms with Crippen LogP contribution >= 0.6 is 0 Å². The zero-order chi connectivity index (χ0) is 36.7. The van der Waals surface area contributed by atoms with Crippen molar-refractivity contribution in [1.29, 1.82) is 0 Å². The molecule has 3 nitrogen and oxygen atoms in total. The molecule has 0 fully saturated rings. The fourth-order valence-corrected chi connectivity index (χ4v) is 9.12. The molecular weight excluding hydrogens is 667 g/mol. The Morgan fingerprint density at radius 3 is 1.73 bits per heavy atom. The second kappa shape index (κ2) is 12.0. The number of hydrogen-bond donors (Lipinski definition) is 0. The largest absolute Gasteiger partial charge is 0.208 e. The van der Waals surface area contributed by atoms with Crippen LogP contribution in [0.3, 0.4) is 0 Å². The van der Waals surface area contributed by atoms with Crippen LogP contribution in [0.15, 0.2) is 176 Å². The van der Waals surface area contributed by atoms with E-state index in [1.54, 1.807) is 0 Å². The first-order chi connectivity index (χ1) is 27.0. The molecule has 0 amide bonds. The zero-order valence-electron chi connectivity index (χ0n) is 30.6. The van der Waals surface area contributed by atoms with Crippen LogP contribution in [0.1, 0.15) is 25.0 Å². The lowest BCUT2D eigenvalue weighted by Crippen LogP contribution is -2.16. The van der Waals surface area contributed by atoms with Gasteiger partial charge in [0, 0.05) is 22.1 Å². The summed E-state index contributed by atoms with van der Waals surface area (Å²) in [6.45, 7) is 4.77. The first-order valence-corrected chi connectivity index (χ1v) is 18.9. The quantitative estimate of drug-likeness (QED) is 0.171. The van der Waals surface area contributed by atoms with Crippen molar-refractivity contribution in [3.05, 3.63) is 187 Å². The summed E-state index contributed by atoms with van der Waals surface area (Å²) < 4.78 is 0. The van der Waals surface area contributed by atoms with E-state index in [0.29, 0.717) is 17.5 Å². The summed E-state index contributed by atoms with van der Waals surface area (Å²) >= 11 is 0. The Labute approximate surface area is 319 Å². The summed E-state index contributed by atoms with van der Waals surface area (Å²) in [6.07, 6.45) is 0. The van der Waals surface area contributed by atoms with E-state index in [1.165, 1.54) is 65.7 Å². The molecule has 0 bridgehead atoms. The molecule has 1 aliphatic rings. The molecule has 0 atom stereocenters. The van der Waals surface area contributed by atoms with Crippen molar-refractivity contribution < 1.29 is 0 Å². The first-order valence-electron chi connectivity index (χ1n) is 18.9. The summed E-state index contributed by atoms with van der Waals surface area (Å²) in [6, 6.07) is 63.1. The van der Waals surface area contributed by atoms with E-state index >= 15 is 0 Å². The normalized spacial score (nSPS) is 13.1. The van der Waals surface area contributed by atoms with Gasteiger partial charge in [0.2, 0.25) is 0 Å². The van der Waals surface area contributed by atoms with Crippen molar-refractivity contribution in [3.63, 3.8) is 0 Å². The maximum atomic E-state index is 5.24. The van der Waals surface area contributed by atoms with Gasteiger partial charge in [-0.1, -0.05) is 172 Å². The summed E-state index contributed by atoms with van der Waals surface area (Å²) in [5.41, 5.74) is 10.6. The standard InChI is InChI=1S/C52H35N3/c1-52(2)47-40(36-24-23-32-13-6-7-16-34(32)29-36)21-12-22-44(47)45-28-25-37-30-38(26-27-41(37)48(45)52)50-53-49(33-14-4-3-5-15-33)54-51(55-50)46-31-35-17-8-9-18-39(35)42-19-10-11-20-43(42)46/h3-31H,1-2H3. The van der Waals surface area contributed by atoms with Gasteiger partial charge in [0.25, 0.3) is 0 Å². The van der Waals surface area contributed by atoms with Crippen LogP contribution in [0.4, 0.5) is 0 Å². The summed E-state index contributed by atoms with van der Waals surface area (Å²) in [7, 11) is 0. The van der Waals surface area contributed by atoms with Crippen LogP contribution in [0.2, 0.25) is 0 Å². The molecule has 55 heavy (non-hydrogen) atoms. The van der Waals surface area contributed by atoms with E-state index in [0.717, 1.165) is 27.5 Å². The van der Waals surface area contributed by atoms with Gasteiger partial charge >= 0.3 is 0 Å². The van der Waals surface area contributed by atoms with Crippen molar-refractivity contribution in [2.24, 2.45) is 0 Å². The molecule has 0 radical (unpaired) electrons. The molecule has 9 aromatic carbocycles. The maximum absolute atomic E-state index is 5.24. The average molecular weight is 702 g/mol. The van der Waals surface area contributed by atoms with Crippen LogP contribution in [0.25, 0.3) is 99.5 Å². The zero-order valence-corrected chi connectivity index (χ0v) is 30.6. The molecule has 0 saturated carbocycles. The van der Waals surface area contributed by atoms with Crippen molar-refractivity contribution in [2.45, 2.75) is 19.3 Å². The third kappa shape index (κ3) is 4.93. The summed E-state index contributed by atoms with van der Waals surface area (Å²) in [5.74, 6) is 1.98. The highest BCUT2D eigenvalue weighted by atomic mass is 15.0. The Kier molecular flexibility index (Phi) is 6.90. The second-order valence-electron chi connectivity index (χ2n) is 15.2. The van der Waals surface area contributed by atoms with Crippen molar-refractivity contribution in [1.82, 2.24) is 15.0 Å². The van der Waals surface area contributed by atoms with E-state index in [2.05, 4.69) is 172 Å². The van der Waals surface area contributed by atoms with E-state index in [9.17, 15) is 0 Å². The van der Waals surface area contributed by atoms with Crippen LogP contribution in [0.5, 0.6) is 0 Å². The van der Waals surface area contributed by atoms with Gasteiger partial charge in [-0.25, -0.2) is 15.0 Å². The van der Waals surface area contributed by atoms with Gasteiger partial charge in [-0.2, -0.15) is 0 Å². The van der Waals surface area contributed by atoms with Gasteiger partial charge in [-0.15, -0.1) is 0 Å². The lowest BCUT2D eigenvalue weighted by molar-refractivity contribution is 0.668. The Bertz CT molecular complexity index is 3180. The van der Waals surface area contributed by atoms with Crippen LogP contribution in [0, 0.1) is 0 Å². The van der Waals surface area contributed by atoms with Gasteiger partial charge in [0.1, 0.15) is 0 Å². The Balaban J connectivity index is 1.07. The molecule has 0 aliphatic heterocycles. The molecular formula is C52H35N3. The van der Waals surface area contributed by atoms with Crippen LogP contribution < -0.4 is 0 Å². The van der Waals surface area contributed by atoms with Crippen molar-refractivity contribution in [2.75, 3.05) is 0 Å². The minimum absolute atomic E-state index is 0.216. The van der Waals surface area contributed by atoms with E-state index < -0.39 is 0 Å². The molecule has 1 heterocycles. The van der Waals surface area contributed by atoms with Crippen LogP contribution in [-0.2, 0) is 5.41 Å². The molecule has 1 aliphatic carbocycles. The predicted octanol–water partition coefficient (Wildman–Crippen LogP) is 13.5. The highest BCUT2D eigenvalue weighted by Gasteiger charge is 2.39. The Hall–Kier alpha value is -6.97. The number of fused-ring (bicyclic) bond motifs is 9. The molecule has 0 saturated heterocycles. The molecule has 1 aromatic heterocycles. The molecule has 0 spiro atoms. The predicted molar refractivity (Wildman–Crippen MR) is 229 cm³/mol. The smallest absolute Gasteiger partial charge is 0.164 e. The third-order valence-corrected chi connectivity index (χ3v) is 11.6. The first kappa shape index (κ1) is 31.5. The number of nitrogens with zero attached hydrogens (tertiary/aromatic N) is 3. The molecule has 3 heteroatoms. The minimum Gasteiger partial charge on any atom is -0.208 e. The van der Waals surface area contributed by atoms with Crippen LogP contribution in [-0.4, -0.2) is 15.0 Å². The van der Waals surface area contributed by atoms with Gasteiger partial charge in [0.05, 0.1) is 0 Å². The van der Waals surface area contributed by atoms with Crippen molar-refractivity contribution >= 4 is 43.1 Å². The Morgan fingerprint density at radius 1 is 0.309 bits per heavy atom. The molecule has 10 aromatic rings. The van der Waals surface area contributed by atoms with Gasteiger partial charge in [-0.05, 0) is 94.7 Å². The summed E-state index contributed by atoms with van der Waals surface area (Å²) in [5, 5.41) is 9.63. The van der Waals surface area contributed by atoms with Gasteiger partial charge < -0.3 is 0 Å². The number of aromatic nitrogens is 3. The Morgan fingerprint density at radius 2 is 0.891 bits per heavy atom. The molecule has 258 valence electrons. The summed E-state index contributed by atoms with van der Waals surface area (Å²) in [4.78, 5) is 15.5. The second-order valence-corrected chi connectivity index (χ2v) is 15.2. The minimum atomic E-state index is -0.216.